The third-order valence-electron chi connectivity index (χ3n) is 3.39. The predicted molar refractivity (Wildman–Crippen MR) is 83.6 cm³/mol. The molecule has 2 aromatic rings. The van der Waals surface area contributed by atoms with Gasteiger partial charge in [-0.05, 0) is 35.3 Å². The molecule has 0 aliphatic heterocycles. The van der Waals surface area contributed by atoms with Crippen LogP contribution in [-0.2, 0) is 19.9 Å². The van der Waals surface area contributed by atoms with E-state index in [1.165, 1.54) is 5.69 Å². The fourth-order valence-electron chi connectivity index (χ4n) is 2.29. The third-order valence-corrected chi connectivity index (χ3v) is 4.31. The zero-order chi connectivity index (χ0) is 14.5. The molecule has 0 aromatic carbocycles. The van der Waals surface area contributed by atoms with Crippen LogP contribution in [0.1, 0.15) is 43.5 Å². The first kappa shape index (κ1) is 15.3. The van der Waals surface area contributed by atoms with Gasteiger partial charge in [-0.1, -0.05) is 13.8 Å². The second kappa shape index (κ2) is 7.04. The van der Waals surface area contributed by atoms with Crippen molar-refractivity contribution < 1.29 is 0 Å². The molecule has 0 amide bonds. The van der Waals surface area contributed by atoms with Crippen molar-refractivity contribution in [3.05, 3.63) is 34.1 Å². The van der Waals surface area contributed by atoms with E-state index in [0.29, 0.717) is 0 Å². The predicted octanol–water partition coefficient (Wildman–Crippen LogP) is 2.75. The Bertz CT molecular complexity index is 532. The summed E-state index contributed by atoms with van der Waals surface area (Å²) in [5.74, 6) is 0.976. The van der Waals surface area contributed by atoms with Gasteiger partial charge < -0.3 is 10.3 Å². The number of nitrogens with zero attached hydrogens (tertiary/aromatic N) is 3. The Balaban J connectivity index is 2.21. The highest BCUT2D eigenvalue weighted by Crippen LogP contribution is 2.25. The minimum absolute atomic E-state index is 0.182. The van der Waals surface area contributed by atoms with Crippen LogP contribution >= 0.6 is 15.9 Å². The first-order valence-corrected chi connectivity index (χ1v) is 7.89. The van der Waals surface area contributed by atoms with Gasteiger partial charge in [0.15, 0.2) is 0 Å². The fourth-order valence-corrected chi connectivity index (χ4v) is 3.07. The molecule has 1 unspecified atom stereocenters. The highest BCUT2D eigenvalue weighted by molar-refractivity contribution is 9.10. The van der Waals surface area contributed by atoms with Gasteiger partial charge in [0, 0.05) is 25.9 Å². The van der Waals surface area contributed by atoms with Crippen molar-refractivity contribution in [2.75, 3.05) is 6.54 Å². The molecule has 0 saturated heterocycles. The van der Waals surface area contributed by atoms with Crippen LogP contribution < -0.4 is 5.32 Å². The van der Waals surface area contributed by atoms with E-state index in [0.717, 1.165) is 41.8 Å². The Kier molecular flexibility index (Phi) is 5.37. The number of aromatic nitrogens is 4. The van der Waals surface area contributed by atoms with E-state index >= 15 is 0 Å². The molecule has 0 saturated carbocycles. The van der Waals surface area contributed by atoms with Crippen molar-refractivity contribution >= 4 is 15.9 Å². The number of rotatable bonds is 7. The van der Waals surface area contributed by atoms with Gasteiger partial charge in [0.05, 0.1) is 21.9 Å². The summed E-state index contributed by atoms with van der Waals surface area (Å²) in [5.41, 5.74) is 2.31. The van der Waals surface area contributed by atoms with Crippen LogP contribution in [0.3, 0.4) is 0 Å². The van der Waals surface area contributed by atoms with Crippen LogP contribution in [0, 0.1) is 0 Å². The lowest BCUT2D eigenvalue weighted by Gasteiger charge is -2.16. The zero-order valence-electron chi connectivity index (χ0n) is 12.3. The minimum atomic E-state index is 0.182. The Hall–Kier alpha value is -1.14. The van der Waals surface area contributed by atoms with Gasteiger partial charge in [-0.25, -0.2) is 4.98 Å². The van der Waals surface area contributed by atoms with Gasteiger partial charge in [-0.2, -0.15) is 5.10 Å². The number of H-pyrrole nitrogens is 1. The highest BCUT2D eigenvalue weighted by Gasteiger charge is 2.20. The van der Waals surface area contributed by atoms with Crippen LogP contribution in [-0.4, -0.2) is 26.3 Å². The molecule has 2 aromatic heterocycles. The molecule has 1 atom stereocenters. The van der Waals surface area contributed by atoms with Crippen molar-refractivity contribution in [2.24, 2.45) is 7.05 Å². The van der Waals surface area contributed by atoms with Gasteiger partial charge in [-0.15, -0.1) is 0 Å². The van der Waals surface area contributed by atoms with Crippen molar-refractivity contribution in [3.8, 4) is 0 Å². The number of aryl methyl sites for hydroxylation is 2. The number of imidazole rings is 1. The Morgan fingerprint density at radius 1 is 1.45 bits per heavy atom. The van der Waals surface area contributed by atoms with Crippen molar-refractivity contribution in [1.82, 2.24) is 25.1 Å². The van der Waals surface area contributed by atoms with E-state index in [1.54, 1.807) is 6.20 Å². The van der Waals surface area contributed by atoms with Crippen molar-refractivity contribution in [1.29, 1.82) is 0 Å². The Labute approximate surface area is 128 Å². The van der Waals surface area contributed by atoms with E-state index in [4.69, 9.17) is 0 Å². The monoisotopic (exact) mass is 339 g/mol. The summed E-state index contributed by atoms with van der Waals surface area (Å²) >= 11 is 3.68. The summed E-state index contributed by atoms with van der Waals surface area (Å²) in [7, 11) is 2.00. The maximum atomic E-state index is 4.55. The molecule has 110 valence electrons. The summed E-state index contributed by atoms with van der Waals surface area (Å²) in [6.45, 7) is 5.26. The number of hydrogen-bond acceptors (Lipinski definition) is 3. The summed E-state index contributed by atoms with van der Waals surface area (Å²) in [6.07, 6.45) is 6.56. The number of nitrogens with one attached hydrogen (secondary N) is 2. The molecule has 2 rings (SSSR count). The standard InChI is InChI=1S/C14H22BrN5/c1-4-6-16-11(14-17-7-8-18-14)9-12-13(15)10(5-2)19-20(12)3/h7-8,11,16H,4-6,9H2,1-3H3,(H,17,18). The number of hydrogen-bond donors (Lipinski definition) is 2. The van der Waals surface area contributed by atoms with Crippen molar-refractivity contribution in [2.45, 2.75) is 39.2 Å². The molecule has 0 radical (unpaired) electrons. The fraction of sp³-hybridized carbons (Fsp3) is 0.571. The van der Waals surface area contributed by atoms with Crippen molar-refractivity contribution in [3.63, 3.8) is 0 Å². The van der Waals surface area contributed by atoms with E-state index < -0.39 is 0 Å². The third kappa shape index (κ3) is 3.30. The Morgan fingerprint density at radius 3 is 2.80 bits per heavy atom. The van der Waals surface area contributed by atoms with E-state index in [-0.39, 0.29) is 6.04 Å². The first-order chi connectivity index (χ1) is 9.67. The summed E-state index contributed by atoms with van der Waals surface area (Å²) in [4.78, 5) is 7.60. The minimum Gasteiger partial charge on any atom is -0.347 e. The first-order valence-electron chi connectivity index (χ1n) is 7.10. The summed E-state index contributed by atoms with van der Waals surface area (Å²) < 4.78 is 3.09. The highest BCUT2D eigenvalue weighted by atomic mass is 79.9. The van der Waals surface area contributed by atoms with Gasteiger partial charge >= 0.3 is 0 Å². The van der Waals surface area contributed by atoms with E-state index in [1.807, 2.05) is 17.9 Å². The second-order valence-electron chi connectivity index (χ2n) is 4.87. The molecule has 0 fully saturated rings. The lowest BCUT2D eigenvalue weighted by molar-refractivity contribution is 0.493. The smallest absolute Gasteiger partial charge is 0.123 e. The molecule has 6 heteroatoms. The van der Waals surface area contributed by atoms with Crippen LogP contribution in [0.15, 0.2) is 16.9 Å². The van der Waals surface area contributed by atoms with Crippen LogP contribution in [0.5, 0.6) is 0 Å². The lowest BCUT2D eigenvalue weighted by atomic mass is 10.1. The van der Waals surface area contributed by atoms with Gasteiger partial charge in [-0.3, -0.25) is 4.68 Å². The quantitative estimate of drug-likeness (QED) is 0.815. The molecule has 0 spiro atoms. The number of halogens is 1. The van der Waals surface area contributed by atoms with Gasteiger partial charge in [0.2, 0.25) is 0 Å². The van der Waals surface area contributed by atoms with Crippen LogP contribution in [0.4, 0.5) is 0 Å². The molecular formula is C14H22BrN5. The molecule has 2 N–H and O–H groups in total. The SMILES string of the molecule is CCCNC(Cc1c(Br)c(CC)nn1C)c1ncc[nH]1. The molecule has 5 nitrogen and oxygen atoms in total. The lowest BCUT2D eigenvalue weighted by Crippen LogP contribution is -2.26. The molecule has 2 heterocycles. The summed E-state index contributed by atoms with van der Waals surface area (Å²) in [6, 6.07) is 0.182. The van der Waals surface area contributed by atoms with Crippen LogP contribution in [0.2, 0.25) is 0 Å². The van der Waals surface area contributed by atoms with Crippen LogP contribution in [0.25, 0.3) is 0 Å². The van der Waals surface area contributed by atoms with Gasteiger partial charge in [0.25, 0.3) is 0 Å². The average Bonchev–Trinajstić information content (AvgIpc) is 3.05. The zero-order valence-corrected chi connectivity index (χ0v) is 13.9. The summed E-state index contributed by atoms with van der Waals surface area (Å²) in [5, 5.41) is 8.10. The molecular weight excluding hydrogens is 318 g/mol. The topological polar surface area (TPSA) is 58.5 Å². The maximum absolute atomic E-state index is 4.55. The average molecular weight is 340 g/mol. The normalized spacial score (nSPS) is 12.8. The molecule has 0 bridgehead atoms. The molecule has 0 aliphatic rings. The van der Waals surface area contributed by atoms with Gasteiger partial charge in [0.1, 0.15) is 5.82 Å². The van der Waals surface area contributed by atoms with E-state index in [9.17, 15) is 0 Å². The number of aromatic amines is 1. The Morgan fingerprint density at radius 2 is 2.25 bits per heavy atom. The van der Waals surface area contributed by atoms with E-state index in [2.05, 4.69) is 50.2 Å². The molecule has 20 heavy (non-hydrogen) atoms. The maximum Gasteiger partial charge on any atom is 0.123 e. The second-order valence-corrected chi connectivity index (χ2v) is 5.66. The largest absolute Gasteiger partial charge is 0.347 e. The molecule has 0 aliphatic carbocycles.